The highest BCUT2D eigenvalue weighted by molar-refractivity contribution is 7.80. The van der Waals surface area contributed by atoms with Crippen LogP contribution in [0.15, 0.2) is 48.5 Å². The van der Waals surface area contributed by atoms with Crippen LogP contribution in [-0.2, 0) is 6.54 Å². The second kappa shape index (κ2) is 5.85. The van der Waals surface area contributed by atoms with Crippen LogP contribution in [0.4, 0.5) is 5.69 Å². The second-order valence-corrected chi connectivity index (χ2v) is 5.17. The van der Waals surface area contributed by atoms with Crippen molar-refractivity contribution in [2.24, 2.45) is 5.73 Å². The topological polar surface area (TPSA) is 29.3 Å². The largest absolute Gasteiger partial charge is 0.389 e. The van der Waals surface area contributed by atoms with Crippen molar-refractivity contribution in [3.05, 3.63) is 65.2 Å². The predicted molar refractivity (Wildman–Crippen MR) is 85.6 cm³/mol. The molecular weight excluding hydrogens is 252 g/mol. The Hall–Kier alpha value is -1.87. The van der Waals surface area contributed by atoms with Crippen molar-refractivity contribution in [1.29, 1.82) is 0 Å². The molecule has 3 heteroatoms. The van der Waals surface area contributed by atoms with Gasteiger partial charge < -0.3 is 10.6 Å². The van der Waals surface area contributed by atoms with E-state index >= 15 is 0 Å². The van der Waals surface area contributed by atoms with Gasteiger partial charge in [0.1, 0.15) is 4.99 Å². The fourth-order valence-corrected chi connectivity index (χ4v) is 2.28. The highest BCUT2D eigenvalue weighted by atomic mass is 32.1. The molecule has 2 nitrogen and oxygen atoms in total. The number of hydrogen-bond acceptors (Lipinski definition) is 2. The van der Waals surface area contributed by atoms with E-state index in [2.05, 4.69) is 37.1 Å². The van der Waals surface area contributed by atoms with Gasteiger partial charge in [-0.1, -0.05) is 48.6 Å². The SMILES string of the molecule is Cc1ccc(C(N)=S)c(N(C)Cc2ccccc2)c1. The molecule has 0 bridgehead atoms. The lowest BCUT2D eigenvalue weighted by atomic mass is 10.1. The van der Waals surface area contributed by atoms with Gasteiger partial charge in [-0.05, 0) is 30.2 Å². The first-order valence-electron chi connectivity index (χ1n) is 6.23. The first-order chi connectivity index (χ1) is 9.08. The Labute approximate surface area is 119 Å². The number of anilines is 1. The molecule has 2 rings (SSSR count). The monoisotopic (exact) mass is 270 g/mol. The molecule has 0 aliphatic rings. The summed E-state index contributed by atoms with van der Waals surface area (Å²) in [5, 5.41) is 0. The van der Waals surface area contributed by atoms with Crippen LogP contribution in [0.3, 0.4) is 0 Å². The van der Waals surface area contributed by atoms with E-state index in [0.29, 0.717) is 4.99 Å². The van der Waals surface area contributed by atoms with Crippen LogP contribution >= 0.6 is 12.2 Å². The highest BCUT2D eigenvalue weighted by Crippen LogP contribution is 2.22. The van der Waals surface area contributed by atoms with E-state index in [1.807, 2.05) is 30.3 Å². The molecule has 2 aromatic carbocycles. The van der Waals surface area contributed by atoms with E-state index in [4.69, 9.17) is 18.0 Å². The molecule has 0 aliphatic heterocycles. The van der Waals surface area contributed by atoms with E-state index < -0.39 is 0 Å². The minimum Gasteiger partial charge on any atom is -0.389 e. The summed E-state index contributed by atoms with van der Waals surface area (Å²) in [5.74, 6) is 0. The van der Waals surface area contributed by atoms with Crippen molar-refractivity contribution in [2.45, 2.75) is 13.5 Å². The molecule has 2 aromatic rings. The van der Waals surface area contributed by atoms with Crippen molar-refractivity contribution in [2.75, 3.05) is 11.9 Å². The Balaban J connectivity index is 2.30. The van der Waals surface area contributed by atoms with E-state index in [1.54, 1.807) is 0 Å². The van der Waals surface area contributed by atoms with Crippen molar-refractivity contribution in [1.82, 2.24) is 0 Å². The van der Waals surface area contributed by atoms with Crippen LogP contribution in [0.2, 0.25) is 0 Å². The maximum atomic E-state index is 5.80. The maximum Gasteiger partial charge on any atom is 0.106 e. The normalized spacial score (nSPS) is 10.2. The lowest BCUT2D eigenvalue weighted by Gasteiger charge is -2.23. The fourth-order valence-electron chi connectivity index (χ4n) is 2.11. The van der Waals surface area contributed by atoms with Crippen molar-refractivity contribution >= 4 is 22.9 Å². The van der Waals surface area contributed by atoms with Crippen LogP contribution in [0, 0.1) is 6.92 Å². The van der Waals surface area contributed by atoms with Crippen LogP contribution < -0.4 is 10.6 Å². The average molecular weight is 270 g/mol. The molecule has 0 heterocycles. The minimum atomic E-state index is 0.440. The number of nitrogens with zero attached hydrogens (tertiary/aromatic N) is 1. The summed E-state index contributed by atoms with van der Waals surface area (Å²) in [6, 6.07) is 16.5. The third-order valence-electron chi connectivity index (χ3n) is 3.09. The first kappa shape index (κ1) is 13.6. The Bertz CT molecular complexity index is 579. The standard InChI is InChI=1S/C16H18N2S/c1-12-8-9-14(16(17)19)15(10-12)18(2)11-13-6-4-3-5-7-13/h3-10H,11H2,1-2H3,(H2,17,19). The summed E-state index contributed by atoms with van der Waals surface area (Å²) < 4.78 is 0. The van der Waals surface area contributed by atoms with Gasteiger partial charge in [0.25, 0.3) is 0 Å². The highest BCUT2D eigenvalue weighted by Gasteiger charge is 2.10. The molecule has 0 amide bonds. The van der Waals surface area contributed by atoms with E-state index in [0.717, 1.165) is 17.8 Å². The van der Waals surface area contributed by atoms with Crippen LogP contribution in [0.25, 0.3) is 0 Å². The number of aryl methyl sites for hydroxylation is 1. The van der Waals surface area contributed by atoms with Crippen LogP contribution in [0.1, 0.15) is 16.7 Å². The molecule has 0 saturated carbocycles. The Morgan fingerprint density at radius 2 is 1.84 bits per heavy atom. The maximum absolute atomic E-state index is 5.80. The Kier molecular flexibility index (Phi) is 4.17. The zero-order valence-electron chi connectivity index (χ0n) is 11.3. The van der Waals surface area contributed by atoms with Gasteiger partial charge in [-0.25, -0.2) is 0 Å². The van der Waals surface area contributed by atoms with Gasteiger partial charge >= 0.3 is 0 Å². The quantitative estimate of drug-likeness (QED) is 0.865. The molecule has 0 unspecified atom stereocenters. The number of rotatable bonds is 4. The molecule has 2 N–H and O–H groups in total. The number of nitrogens with two attached hydrogens (primary N) is 1. The molecule has 0 spiro atoms. The summed E-state index contributed by atoms with van der Waals surface area (Å²) in [6.07, 6.45) is 0. The van der Waals surface area contributed by atoms with Gasteiger partial charge in [-0.2, -0.15) is 0 Å². The third kappa shape index (κ3) is 3.32. The zero-order chi connectivity index (χ0) is 13.8. The van der Waals surface area contributed by atoms with Gasteiger partial charge in [-0.15, -0.1) is 0 Å². The number of hydrogen-bond donors (Lipinski definition) is 1. The second-order valence-electron chi connectivity index (χ2n) is 4.73. The molecule has 19 heavy (non-hydrogen) atoms. The van der Waals surface area contributed by atoms with Crippen LogP contribution in [-0.4, -0.2) is 12.0 Å². The molecule has 0 aromatic heterocycles. The lowest BCUT2D eigenvalue weighted by Crippen LogP contribution is -2.21. The predicted octanol–water partition coefficient (Wildman–Crippen LogP) is 3.27. The molecule has 0 saturated heterocycles. The fraction of sp³-hybridized carbons (Fsp3) is 0.188. The Morgan fingerprint density at radius 1 is 1.16 bits per heavy atom. The Morgan fingerprint density at radius 3 is 2.47 bits per heavy atom. The summed E-state index contributed by atoms with van der Waals surface area (Å²) in [4.78, 5) is 2.62. The average Bonchev–Trinajstić information content (AvgIpc) is 2.39. The molecule has 0 atom stereocenters. The molecular formula is C16H18N2S. The van der Waals surface area contributed by atoms with Crippen LogP contribution in [0.5, 0.6) is 0 Å². The minimum absolute atomic E-state index is 0.440. The van der Waals surface area contributed by atoms with Gasteiger partial charge in [0.15, 0.2) is 0 Å². The molecule has 0 aliphatic carbocycles. The van der Waals surface area contributed by atoms with Crippen molar-refractivity contribution < 1.29 is 0 Å². The third-order valence-corrected chi connectivity index (χ3v) is 3.31. The number of thiocarbonyl (C=S) groups is 1. The van der Waals surface area contributed by atoms with Gasteiger partial charge in [0.05, 0.1) is 0 Å². The van der Waals surface area contributed by atoms with Gasteiger partial charge in [0.2, 0.25) is 0 Å². The molecule has 0 fully saturated rings. The first-order valence-corrected chi connectivity index (χ1v) is 6.64. The number of benzene rings is 2. The van der Waals surface area contributed by atoms with Gasteiger partial charge in [-0.3, -0.25) is 0 Å². The summed E-state index contributed by atoms with van der Waals surface area (Å²) in [7, 11) is 2.06. The van der Waals surface area contributed by atoms with Crippen molar-refractivity contribution in [3.8, 4) is 0 Å². The van der Waals surface area contributed by atoms with E-state index in [9.17, 15) is 0 Å². The summed E-state index contributed by atoms with van der Waals surface area (Å²) >= 11 is 5.13. The summed E-state index contributed by atoms with van der Waals surface area (Å²) in [6.45, 7) is 2.91. The lowest BCUT2D eigenvalue weighted by molar-refractivity contribution is 0.921. The van der Waals surface area contributed by atoms with Gasteiger partial charge in [0, 0.05) is 24.8 Å². The molecule has 0 radical (unpaired) electrons. The smallest absolute Gasteiger partial charge is 0.106 e. The zero-order valence-corrected chi connectivity index (χ0v) is 12.1. The van der Waals surface area contributed by atoms with E-state index in [-0.39, 0.29) is 0 Å². The molecule has 98 valence electrons. The summed E-state index contributed by atoms with van der Waals surface area (Å²) in [5.41, 5.74) is 10.3. The van der Waals surface area contributed by atoms with E-state index in [1.165, 1.54) is 11.1 Å². The van der Waals surface area contributed by atoms with Crippen molar-refractivity contribution in [3.63, 3.8) is 0 Å².